The number of carbonyl (C=O) groups excluding carboxylic acids is 3. The second kappa shape index (κ2) is 59.3. The SMILES string of the molecule is C.C.C.C.C.C.C.C=O.CCC(C)C(=O)NCS(=O)(=O)[O-].CCC(C)C(N)=O.O.O=S(=O)=O.[H-].[Na+].[Na+]. The molecule has 0 aromatic heterocycles. The largest absolute Gasteiger partial charge is 1.00 e. The monoisotopic (exact) mass is 582 g/mol. The van der Waals surface area contributed by atoms with Crippen LogP contribution in [0.2, 0.25) is 0 Å². The van der Waals surface area contributed by atoms with Gasteiger partial charge in [0.25, 0.3) is 0 Å². The van der Waals surface area contributed by atoms with Crippen LogP contribution >= 0.6 is 0 Å². The van der Waals surface area contributed by atoms with Crippen LogP contribution in [-0.2, 0) is 35.1 Å². The summed E-state index contributed by atoms with van der Waals surface area (Å²) in [4.78, 5) is 29.1. The molecule has 0 aromatic rings. The minimum atomic E-state index is -4.34. The van der Waals surface area contributed by atoms with E-state index in [1.807, 2.05) is 26.0 Å². The van der Waals surface area contributed by atoms with Crippen LogP contribution in [0.25, 0.3) is 0 Å². The molecule has 0 rings (SSSR count). The Bertz CT molecular complexity index is 592. The van der Waals surface area contributed by atoms with Gasteiger partial charge in [0.1, 0.15) is 22.8 Å². The maximum atomic E-state index is 10.9. The van der Waals surface area contributed by atoms with E-state index in [1.165, 1.54) is 0 Å². The zero-order chi connectivity index (χ0) is 21.2. The average Bonchev–Trinajstić information content (AvgIpc) is 2.52. The Morgan fingerprint density at radius 3 is 1.23 bits per heavy atom. The van der Waals surface area contributed by atoms with E-state index in [4.69, 9.17) is 23.2 Å². The molecule has 2 amide bonds. The maximum absolute atomic E-state index is 10.9. The molecule has 0 aromatic carbocycles. The molecule has 0 heterocycles. The molecule has 216 valence electrons. The zero-order valence-corrected chi connectivity index (χ0v) is 22.7. The molecule has 2 atom stereocenters. The fourth-order valence-electron chi connectivity index (χ4n) is 0.720. The molecule has 2 unspecified atom stereocenters. The van der Waals surface area contributed by atoms with Gasteiger partial charge in [0.2, 0.25) is 11.8 Å². The fraction of sp³-hybridized carbons (Fsp3) is 0.842. The van der Waals surface area contributed by atoms with Crippen molar-refractivity contribution in [3.63, 3.8) is 0 Å². The van der Waals surface area contributed by atoms with E-state index in [1.54, 1.807) is 13.8 Å². The van der Waals surface area contributed by atoms with Crippen LogP contribution in [-0.4, -0.2) is 55.6 Å². The molecule has 0 saturated carbocycles. The third kappa shape index (κ3) is 107. The van der Waals surface area contributed by atoms with Gasteiger partial charge in [-0.15, -0.1) is 12.6 Å². The normalized spacial score (nSPS) is 8.26. The summed E-state index contributed by atoms with van der Waals surface area (Å²) in [7, 11) is -7.45. The van der Waals surface area contributed by atoms with Gasteiger partial charge in [0, 0.05) is 11.8 Å². The van der Waals surface area contributed by atoms with Crippen molar-refractivity contribution in [1.29, 1.82) is 0 Å². The Balaban J connectivity index is -0.0000000127. The summed E-state index contributed by atoms with van der Waals surface area (Å²) in [6.07, 6.45) is 1.46. The van der Waals surface area contributed by atoms with Crippen LogP contribution in [0.3, 0.4) is 0 Å². The Labute approximate surface area is 264 Å². The van der Waals surface area contributed by atoms with Gasteiger partial charge >= 0.3 is 69.7 Å². The Morgan fingerprint density at radius 1 is 0.886 bits per heavy atom. The second-order valence-corrected chi connectivity index (χ2v) is 6.28. The average molecular weight is 583 g/mol. The first kappa shape index (κ1) is 91.7. The molecule has 0 spiro atoms. The predicted molar refractivity (Wildman–Crippen MR) is 139 cm³/mol. The van der Waals surface area contributed by atoms with Crippen LogP contribution in [0.4, 0.5) is 0 Å². The quantitative estimate of drug-likeness (QED) is 0.236. The molecule has 0 saturated heterocycles. The van der Waals surface area contributed by atoms with Crippen molar-refractivity contribution in [3.8, 4) is 0 Å². The molecule has 0 radical (unpaired) electrons. The molecule has 5 N–H and O–H groups in total. The van der Waals surface area contributed by atoms with Gasteiger partial charge in [-0.25, -0.2) is 8.42 Å². The first-order valence-electron chi connectivity index (χ1n) is 6.84. The molecule has 0 fully saturated rings. The van der Waals surface area contributed by atoms with Gasteiger partial charge in [0.15, 0.2) is 0 Å². The van der Waals surface area contributed by atoms with E-state index in [2.05, 4.69) is 0 Å². The molecule has 0 aliphatic rings. The van der Waals surface area contributed by atoms with Crippen LogP contribution in [0.1, 0.15) is 93.9 Å². The minimum Gasteiger partial charge on any atom is -1.00 e. The molecular weight excluding hydrogens is 526 g/mol. The summed E-state index contributed by atoms with van der Waals surface area (Å²) >= 11 is 0. The Kier molecular flexibility index (Phi) is 155. The first-order chi connectivity index (χ1) is 11.3. The molecule has 12 nitrogen and oxygen atoms in total. The third-order valence-electron chi connectivity index (χ3n) is 2.58. The van der Waals surface area contributed by atoms with Crippen molar-refractivity contribution in [1.82, 2.24) is 5.32 Å². The number of nitrogens with one attached hydrogen (secondary N) is 1. The van der Waals surface area contributed by atoms with E-state index >= 15 is 0 Å². The maximum Gasteiger partial charge on any atom is 1.00 e. The van der Waals surface area contributed by atoms with Gasteiger partial charge < -0.3 is 27.3 Å². The van der Waals surface area contributed by atoms with Gasteiger partial charge in [-0.2, -0.15) is 0 Å². The molecule has 0 bridgehead atoms. The predicted octanol–water partition coefficient (Wildman–Crippen LogP) is -3.27. The van der Waals surface area contributed by atoms with Crippen molar-refractivity contribution in [2.24, 2.45) is 17.6 Å². The van der Waals surface area contributed by atoms with Crippen LogP contribution in [0.5, 0.6) is 0 Å². The number of hydrogen-bond acceptors (Lipinski definition) is 9. The summed E-state index contributed by atoms with van der Waals surface area (Å²) in [5.41, 5.74) is 4.91. The molecule has 0 aliphatic heterocycles. The summed E-state index contributed by atoms with van der Waals surface area (Å²) in [5.74, 6) is -1.65. The van der Waals surface area contributed by atoms with E-state index in [0.29, 0.717) is 6.42 Å². The van der Waals surface area contributed by atoms with Crippen molar-refractivity contribution < 1.29 is 106 Å². The standard InChI is InChI=1S/C6H13NO4S.C5H11NO.CH2O.7CH4.2Na.O3S.H2O.H/c1-3-5(2)6(8)7-4-12(9,10)11;1-3-4(2)5(6)7;1-2;;;;;;;;;;1-4(2)3;;/h5H,3-4H2,1-2H3,(H,7,8)(H,9,10,11);4H,3H2,1-2H3,(H2,6,7);1H2;7*1H4;;;;1H2;/q;;;;;;;;;;2*+1;;;-1/p-1. The third-order valence-corrected chi connectivity index (χ3v) is 3.08. The zero-order valence-electron chi connectivity index (χ0n) is 18.1. The van der Waals surface area contributed by atoms with E-state index in [9.17, 15) is 22.6 Å². The number of amides is 2. The first-order valence-corrected chi connectivity index (χ1v) is 9.42. The number of rotatable bonds is 6. The van der Waals surface area contributed by atoms with Crippen LogP contribution in [0.15, 0.2) is 0 Å². The molecular formula is C19H56N2Na2O10S2. The van der Waals surface area contributed by atoms with Crippen molar-refractivity contribution in [2.45, 2.75) is 92.5 Å². The minimum absolute atomic E-state index is 0. The Hall–Kier alpha value is 0.100. The smallest absolute Gasteiger partial charge is 1.00 e. The van der Waals surface area contributed by atoms with Crippen molar-refractivity contribution >= 4 is 39.3 Å². The van der Waals surface area contributed by atoms with Crippen LogP contribution in [0, 0.1) is 11.8 Å². The molecule has 0 aliphatic carbocycles. The number of primary amides is 1. The fourth-order valence-corrected chi connectivity index (χ4v) is 1.04. The van der Waals surface area contributed by atoms with Crippen molar-refractivity contribution in [2.75, 3.05) is 5.88 Å². The number of carbonyl (C=O) groups is 3. The van der Waals surface area contributed by atoms with Crippen molar-refractivity contribution in [3.05, 3.63) is 0 Å². The number of hydrogen-bond donors (Lipinski definition) is 2. The van der Waals surface area contributed by atoms with Gasteiger partial charge in [-0.05, 0) is 12.8 Å². The molecule has 16 heteroatoms. The van der Waals surface area contributed by atoms with Crippen LogP contribution < -0.4 is 70.2 Å². The Morgan fingerprint density at radius 2 is 1.11 bits per heavy atom. The van der Waals surface area contributed by atoms with Gasteiger partial charge in [-0.3, -0.25) is 9.59 Å². The van der Waals surface area contributed by atoms with Gasteiger partial charge in [-0.1, -0.05) is 79.7 Å². The summed E-state index contributed by atoms with van der Waals surface area (Å²) in [5, 5.41) is 2.03. The van der Waals surface area contributed by atoms with Gasteiger partial charge in [0.05, 0.1) is 0 Å². The summed E-state index contributed by atoms with van der Waals surface area (Å²) < 4.78 is 55.6. The second-order valence-electron chi connectivity index (χ2n) is 4.47. The summed E-state index contributed by atoms with van der Waals surface area (Å²) in [6.45, 7) is 9.22. The van der Waals surface area contributed by atoms with E-state index in [-0.39, 0.29) is 136 Å². The topological polar surface area (TPSA) is 229 Å². The molecule has 35 heavy (non-hydrogen) atoms. The van der Waals surface area contributed by atoms with E-state index in [0.717, 1.165) is 6.42 Å². The summed E-state index contributed by atoms with van der Waals surface area (Å²) in [6, 6.07) is 0. The number of nitrogens with two attached hydrogens (primary N) is 1. The van der Waals surface area contributed by atoms with E-state index < -0.39 is 32.5 Å².